The minimum absolute atomic E-state index is 0.137. The third-order valence-corrected chi connectivity index (χ3v) is 4.13. The maximum Gasteiger partial charge on any atom is 0.308 e. The summed E-state index contributed by atoms with van der Waals surface area (Å²) in [5, 5.41) is 2.32. The molecule has 2 aromatic carbocycles. The highest BCUT2D eigenvalue weighted by atomic mass is 19.1. The van der Waals surface area contributed by atoms with Crippen molar-refractivity contribution in [3.8, 4) is 0 Å². The molecule has 2 aromatic rings. The van der Waals surface area contributed by atoms with E-state index in [0.29, 0.717) is 11.6 Å². The van der Waals surface area contributed by atoms with E-state index in [4.69, 9.17) is 4.74 Å². The molecule has 6 nitrogen and oxygen atoms in total. The molecule has 0 radical (unpaired) electrons. The molecule has 0 spiro atoms. The molecule has 0 saturated carbocycles. The quantitative estimate of drug-likeness (QED) is 0.664. The Hall–Kier alpha value is -3.36. The van der Waals surface area contributed by atoms with E-state index in [2.05, 4.69) is 5.32 Å². The molecule has 0 aliphatic carbocycles. The molecule has 0 aromatic heterocycles. The Morgan fingerprint density at radius 2 is 1.77 bits per heavy atom. The van der Waals surface area contributed by atoms with Crippen molar-refractivity contribution in [2.45, 2.75) is 26.0 Å². The maximum absolute atomic E-state index is 13.5. The second kappa shape index (κ2) is 10.4. The van der Waals surface area contributed by atoms with E-state index < -0.39 is 41.3 Å². The predicted octanol–water partition coefficient (Wildman–Crippen LogP) is 2.81. The van der Waals surface area contributed by atoms with Gasteiger partial charge in [0.05, 0.1) is 12.0 Å². The van der Waals surface area contributed by atoms with Crippen molar-refractivity contribution in [3.63, 3.8) is 0 Å². The average Bonchev–Trinajstić information content (AvgIpc) is 2.67. The van der Waals surface area contributed by atoms with Crippen molar-refractivity contribution in [1.82, 2.24) is 10.2 Å². The zero-order chi connectivity index (χ0) is 22.3. The second-order valence-electron chi connectivity index (χ2n) is 6.59. The number of carbonyl (C=O) groups excluding carboxylic acids is 3. The van der Waals surface area contributed by atoms with E-state index in [1.54, 1.807) is 6.07 Å². The van der Waals surface area contributed by atoms with Gasteiger partial charge in [0.1, 0.15) is 17.5 Å². The standard InChI is InChI=1S/C21H21F3N2O4/c1-13(21(29)26(2)12-14-4-3-5-15(22)10-14)30-19(27)8-9-25-20(28)17-7-6-16(23)11-18(17)24/h3-7,10-11,13H,8-9,12H2,1-2H3,(H,25,28). The summed E-state index contributed by atoms with van der Waals surface area (Å²) in [6.07, 6.45) is -1.33. The number of nitrogens with zero attached hydrogens (tertiary/aromatic N) is 1. The van der Waals surface area contributed by atoms with E-state index in [0.717, 1.165) is 12.1 Å². The van der Waals surface area contributed by atoms with E-state index >= 15 is 0 Å². The van der Waals surface area contributed by atoms with Crippen LogP contribution >= 0.6 is 0 Å². The summed E-state index contributed by atoms with van der Waals surface area (Å²) in [6.45, 7) is 1.38. The first-order valence-corrected chi connectivity index (χ1v) is 9.09. The number of halogens is 3. The van der Waals surface area contributed by atoms with Crippen LogP contribution in [-0.4, -0.2) is 42.4 Å². The number of nitrogens with one attached hydrogen (secondary N) is 1. The normalized spacial score (nSPS) is 11.5. The van der Waals surface area contributed by atoms with Crippen LogP contribution in [0.5, 0.6) is 0 Å². The first-order valence-electron chi connectivity index (χ1n) is 9.09. The summed E-state index contributed by atoms with van der Waals surface area (Å²) >= 11 is 0. The lowest BCUT2D eigenvalue weighted by atomic mass is 10.2. The molecule has 9 heteroatoms. The van der Waals surface area contributed by atoms with E-state index in [1.165, 1.54) is 37.1 Å². The minimum Gasteiger partial charge on any atom is -0.452 e. The molecule has 0 saturated heterocycles. The van der Waals surface area contributed by atoms with Gasteiger partial charge in [-0.25, -0.2) is 13.2 Å². The average molecular weight is 422 g/mol. The Labute approximate surface area is 171 Å². The number of rotatable bonds is 8. The van der Waals surface area contributed by atoms with Crippen molar-refractivity contribution in [2.75, 3.05) is 13.6 Å². The van der Waals surface area contributed by atoms with Crippen molar-refractivity contribution in [2.24, 2.45) is 0 Å². The summed E-state index contributed by atoms with van der Waals surface area (Å²) in [4.78, 5) is 37.4. The fourth-order valence-electron chi connectivity index (χ4n) is 2.65. The molecule has 2 rings (SSSR count). The van der Waals surface area contributed by atoms with E-state index in [-0.39, 0.29) is 25.1 Å². The molecule has 0 bridgehead atoms. The van der Waals surface area contributed by atoms with Gasteiger partial charge in [0, 0.05) is 26.2 Å². The van der Waals surface area contributed by atoms with Gasteiger partial charge in [-0.15, -0.1) is 0 Å². The van der Waals surface area contributed by atoms with Gasteiger partial charge >= 0.3 is 5.97 Å². The monoisotopic (exact) mass is 422 g/mol. The fourth-order valence-corrected chi connectivity index (χ4v) is 2.65. The first-order chi connectivity index (χ1) is 14.2. The Balaban J connectivity index is 1.78. The summed E-state index contributed by atoms with van der Waals surface area (Å²) < 4.78 is 44.7. The van der Waals surface area contributed by atoms with Gasteiger partial charge in [-0.2, -0.15) is 0 Å². The third-order valence-electron chi connectivity index (χ3n) is 4.13. The SMILES string of the molecule is CC(OC(=O)CCNC(=O)c1ccc(F)cc1F)C(=O)N(C)Cc1cccc(F)c1. The molecule has 0 aliphatic heterocycles. The Bertz CT molecular complexity index is 936. The summed E-state index contributed by atoms with van der Waals surface area (Å²) in [6, 6.07) is 8.30. The molecule has 0 heterocycles. The Morgan fingerprint density at radius 3 is 2.43 bits per heavy atom. The van der Waals surface area contributed by atoms with Crippen LogP contribution in [0.25, 0.3) is 0 Å². The lowest BCUT2D eigenvalue weighted by Gasteiger charge is -2.21. The number of hydrogen-bond acceptors (Lipinski definition) is 4. The molecule has 0 fully saturated rings. The van der Waals surface area contributed by atoms with Crippen LogP contribution in [0.15, 0.2) is 42.5 Å². The minimum atomic E-state index is -1.08. The van der Waals surface area contributed by atoms with E-state index in [9.17, 15) is 27.6 Å². The van der Waals surface area contributed by atoms with Gasteiger partial charge in [0.25, 0.3) is 11.8 Å². The zero-order valence-electron chi connectivity index (χ0n) is 16.5. The van der Waals surface area contributed by atoms with Crippen LogP contribution in [0.2, 0.25) is 0 Å². The molecule has 2 amide bonds. The summed E-state index contributed by atoms with van der Waals surface area (Å²) in [5.41, 5.74) is 0.229. The maximum atomic E-state index is 13.5. The number of benzene rings is 2. The summed E-state index contributed by atoms with van der Waals surface area (Å²) in [7, 11) is 1.50. The van der Waals surface area contributed by atoms with Crippen LogP contribution in [-0.2, 0) is 20.9 Å². The number of esters is 1. The lowest BCUT2D eigenvalue weighted by molar-refractivity contribution is -0.158. The van der Waals surface area contributed by atoms with Gasteiger partial charge < -0.3 is 15.0 Å². The smallest absolute Gasteiger partial charge is 0.308 e. The first kappa shape index (κ1) is 22.9. The number of carbonyl (C=O) groups is 3. The third kappa shape index (κ3) is 6.61. The largest absolute Gasteiger partial charge is 0.452 e. The molecule has 160 valence electrons. The topological polar surface area (TPSA) is 75.7 Å². The fraction of sp³-hybridized carbons (Fsp3) is 0.286. The second-order valence-corrected chi connectivity index (χ2v) is 6.59. The van der Waals surface area contributed by atoms with Crippen LogP contribution in [0.3, 0.4) is 0 Å². The van der Waals surface area contributed by atoms with Gasteiger partial charge in [-0.05, 0) is 36.8 Å². The van der Waals surface area contributed by atoms with Crippen LogP contribution in [0.1, 0.15) is 29.3 Å². The number of ether oxygens (including phenoxy) is 1. The zero-order valence-corrected chi connectivity index (χ0v) is 16.5. The highest BCUT2D eigenvalue weighted by Gasteiger charge is 2.22. The highest BCUT2D eigenvalue weighted by molar-refractivity contribution is 5.94. The number of likely N-dealkylation sites (N-methyl/N-ethyl adjacent to an activating group) is 1. The summed E-state index contributed by atoms with van der Waals surface area (Å²) in [5.74, 6) is -4.28. The Kier molecular flexibility index (Phi) is 7.97. The number of hydrogen-bond donors (Lipinski definition) is 1. The molecule has 0 aliphatic rings. The molecule has 1 N–H and O–H groups in total. The van der Waals surface area contributed by atoms with Gasteiger partial charge in [-0.3, -0.25) is 14.4 Å². The molecule has 30 heavy (non-hydrogen) atoms. The van der Waals surface area contributed by atoms with Gasteiger partial charge in [0.15, 0.2) is 6.10 Å². The van der Waals surface area contributed by atoms with Gasteiger partial charge in [-0.1, -0.05) is 12.1 Å². The molecule has 1 unspecified atom stereocenters. The molecular formula is C21H21F3N2O4. The Morgan fingerprint density at radius 1 is 1.07 bits per heavy atom. The van der Waals surface area contributed by atoms with Crippen LogP contribution < -0.4 is 5.32 Å². The van der Waals surface area contributed by atoms with Crippen molar-refractivity contribution in [1.29, 1.82) is 0 Å². The van der Waals surface area contributed by atoms with Crippen LogP contribution in [0, 0.1) is 17.5 Å². The van der Waals surface area contributed by atoms with Crippen molar-refractivity contribution < 1.29 is 32.3 Å². The van der Waals surface area contributed by atoms with Crippen molar-refractivity contribution in [3.05, 3.63) is 71.0 Å². The van der Waals surface area contributed by atoms with Gasteiger partial charge in [0.2, 0.25) is 0 Å². The van der Waals surface area contributed by atoms with Crippen LogP contribution in [0.4, 0.5) is 13.2 Å². The number of amides is 2. The lowest BCUT2D eigenvalue weighted by Crippen LogP contribution is -2.37. The molecular weight excluding hydrogens is 401 g/mol. The predicted molar refractivity (Wildman–Crippen MR) is 102 cm³/mol. The van der Waals surface area contributed by atoms with E-state index in [1.807, 2.05) is 0 Å². The van der Waals surface area contributed by atoms with Crippen molar-refractivity contribution >= 4 is 17.8 Å². The molecule has 1 atom stereocenters. The highest BCUT2D eigenvalue weighted by Crippen LogP contribution is 2.10.